The summed E-state index contributed by atoms with van der Waals surface area (Å²) in [5.41, 5.74) is 10.1. The summed E-state index contributed by atoms with van der Waals surface area (Å²) in [4.78, 5) is 10.3. The minimum Gasteiger partial charge on any atom is -0.505 e. The Kier molecular flexibility index (Phi) is 16.3. The fourth-order valence-electron chi connectivity index (χ4n) is 12.8. The minimum atomic E-state index is -0.536. The van der Waals surface area contributed by atoms with Gasteiger partial charge in [-0.15, -0.1) is 135 Å². The largest absolute Gasteiger partial charge is 0.505 e. The Morgan fingerprint density at radius 1 is 0.138 bits per heavy atom. The summed E-state index contributed by atoms with van der Waals surface area (Å²) in [6, 6.07) is 69.7. The van der Waals surface area contributed by atoms with Crippen molar-refractivity contribution in [3.8, 4) is 114 Å². The smallest absolute Gasteiger partial charge is 0.179 e. The minimum absolute atomic E-state index is 0.0695. The molecule has 22 aromatic rings. The number of hydrogen-bond acceptors (Lipinski definition) is 29. The molecule has 0 fully saturated rings. The lowest BCUT2D eigenvalue weighted by atomic mass is 10.1. The lowest BCUT2D eigenvalue weighted by molar-refractivity contribution is 0.405. The van der Waals surface area contributed by atoms with E-state index in [1.807, 2.05) is 84.9 Å². The Morgan fingerprint density at radius 3 is 0.448 bits per heavy atom. The van der Waals surface area contributed by atoms with Crippen LogP contribution in [0.5, 0.6) is 63.2 Å². The molecule has 0 aliphatic rings. The maximum absolute atomic E-state index is 11.3. The van der Waals surface area contributed by atoms with E-state index in [1.165, 1.54) is 21.7 Å². The SMILES string of the molecule is Oc1c(-n2nc3ccccc3n2)c(O)c(-n2nc3ccccc3n2)c(O)c1-n1nc2ccccc2n1.Oc1cc(O)c(-n2nc3ccccc3n2)c(O)c1-n1nc2ccccc2n1.Oc1cc(O)c(-n2nc3ccccc3n2)c(O)c1-n1nc2ccccc2n1.Oc1ccc(-n2nc3ccccc3n2)c(O)c1-n1nc2ccccc2n1. The highest BCUT2D eigenvalue weighted by atomic mass is 16.3. The molecule has 0 saturated carbocycles. The zero-order valence-corrected chi connectivity index (χ0v) is 59.1. The van der Waals surface area contributed by atoms with Gasteiger partial charge in [0.1, 0.15) is 111 Å². The standard InChI is InChI=1S/C24H15N9O3.2C18H12N6O3.C18H12N6O2/c34-22-19(31-25-13-7-1-2-8-14(13)26-31)23(35)21(33-29-17-11-5-6-12-18(17)30-33)24(36)20(22)32-27-15-9-3-4-10-16(15)28-32;2*25-14-9-15(26)17(24-21-12-7-3-4-8-13(12)22-24)18(27)16(14)23-19-10-5-1-2-6-11(10)20-23;25-16-10-9-15(23-19-11-5-1-2-6-12(11)20-23)18(26)17(16)24-21-13-7-3-4-8-14(13)22-24/h1-12,34-36H;2*1-9,25-27H;1-10,25-26H. The molecule has 11 N–H and O–H groups in total. The second-order valence-corrected chi connectivity index (χ2v) is 25.6. The van der Waals surface area contributed by atoms with Gasteiger partial charge in [0, 0.05) is 12.1 Å². The van der Waals surface area contributed by atoms with Gasteiger partial charge >= 0.3 is 0 Å². The monoisotopic (exact) mass is 1540 g/mol. The van der Waals surface area contributed by atoms with Crippen molar-refractivity contribution in [2.45, 2.75) is 0 Å². The van der Waals surface area contributed by atoms with Crippen LogP contribution in [0.2, 0.25) is 0 Å². The summed E-state index contributed by atoms with van der Waals surface area (Å²) >= 11 is 0. The Morgan fingerprint density at radius 2 is 0.276 bits per heavy atom. The summed E-state index contributed by atoms with van der Waals surface area (Å²) in [5.74, 6) is -4.41. The predicted molar refractivity (Wildman–Crippen MR) is 416 cm³/mol. The van der Waals surface area contributed by atoms with E-state index in [9.17, 15) is 56.2 Å². The maximum atomic E-state index is 11.3. The quantitative estimate of drug-likeness (QED) is 0.0639. The van der Waals surface area contributed by atoms with Gasteiger partial charge in [0.15, 0.2) is 103 Å². The number of aromatic nitrogens is 27. The number of fused-ring (bicyclic) bond motifs is 9. The van der Waals surface area contributed by atoms with Gasteiger partial charge in [-0.2, -0.15) is 0 Å². The topological polar surface area (TPSA) is 499 Å². The van der Waals surface area contributed by atoms with Gasteiger partial charge < -0.3 is 56.2 Å². The molecule has 0 aliphatic carbocycles. The molecule has 0 unspecified atom stereocenters. The first-order valence-corrected chi connectivity index (χ1v) is 34.9. The molecule has 9 aromatic heterocycles. The number of hydrogen-bond donors (Lipinski definition) is 11. The highest BCUT2D eigenvalue weighted by molar-refractivity contribution is 5.85. The zero-order chi connectivity index (χ0) is 79.1. The van der Waals surface area contributed by atoms with Crippen LogP contribution in [0.25, 0.3) is 150 Å². The first-order chi connectivity index (χ1) is 56.5. The van der Waals surface area contributed by atoms with Crippen LogP contribution in [0, 0.1) is 0 Å². The van der Waals surface area contributed by atoms with Crippen LogP contribution in [0.4, 0.5) is 0 Å². The van der Waals surface area contributed by atoms with Crippen molar-refractivity contribution >= 4 is 99.3 Å². The number of benzene rings is 13. The van der Waals surface area contributed by atoms with E-state index in [1.54, 1.807) is 133 Å². The van der Waals surface area contributed by atoms with Gasteiger partial charge in [0.2, 0.25) is 0 Å². The second kappa shape index (κ2) is 27.4. The summed E-state index contributed by atoms with van der Waals surface area (Å²) in [5, 5.41) is 196. The van der Waals surface area contributed by atoms with Crippen molar-refractivity contribution in [3.63, 3.8) is 0 Å². The summed E-state index contributed by atoms with van der Waals surface area (Å²) in [7, 11) is 0. The van der Waals surface area contributed by atoms with Crippen LogP contribution in [-0.4, -0.2) is 191 Å². The average Bonchev–Trinajstić information content (AvgIpc) is 1.57. The molecule has 0 radical (unpaired) electrons. The van der Waals surface area contributed by atoms with E-state index >= 15 is 0 Å². The molecular weight excluding hydrogens is 1490 g/mol. The van der Waals surface area contributed by atoms with Gasteiger partial charge in [-0.25, -0.2) is 0 Å². The molecule has 0 atom stereocenters. The lowest BCUT2D eigenvalue weighted by Crippen LogP contribution is -2.10. The Bertz CT molecular complexity index is 6700. The molecule has 9 heterocycles. The predicted octanol–water partition coefficient (Wildman–Crippen LogP) is 10.1. The van der Waals surface area contributed by atoms with Crippen molar-refractivity contribution in [2.24, 2.45) is 0 Å². The first-order valence-electron chi connectivity index (χ1n) is 34.9. The normalized spacial score (nSPS) is 11.5. The Balaban J connectivity index is 0.000000104. The van der Waals surface area contributed by atoms with Crippen molar-refractivity contribution in [1.29, 1.82) is 0 Å². The van der Waals surface area contributed by atoms with Crippen LogP contribution < -0.4 is 0 Å². The Hall–Kier alpha value is -17.7. The van der Waals surface area contributed by atoms with Gasteiger partial charge in [0.25, 0.3) is 0 Å². The summed E-state index contributed by atoms with van der Waals surface area (Å²) in [6.07, 6.45) is 0. The van der Waals surface area contributed by atoms with Crippen LogP contribution in [-0.2, 0) is 0 Å². The van der Waals surface area contributed by atoms with E-state index in [4.69, 9.17) is 0 Å². The van der Waals surface area contributed by atoms with E-state index in [-0.39, 0.29) is 80.0 Å². The van der Waals surface area contributed by atoms with Crippen molar-refractivity contribution < 1.29 is 56.2 Å². The van der Waals surface area contributed by atoms with E-state index in [0.29, 0.717) is 105 Å². The molecule has 116 heavy (non-hydrogen) atoms. The number of phenols is 11. The number of rotatable bonds is 9. The highest BCUT2D eigenvalue weighted by Gasteiger charge is 2.33. The molecule has 0 aliphatic heterocycles. The van der Waals surface area contributed by atoms with Crippen LogP contribution >= 0.6 is 0 Å². The third kappa shape index (κ3) is 12.0. The second-order valence-electron chi connectivity index (χ2n) is 25.6. The highest BCUT2D eigenvalue weighted by Crippen LogP contribution is 2.49. The molecule has 564 valence electrons. The lowest BCUT2D eigenvalue weighted by Gasteiger charge is -2.16. The van der Waals surface area contributed by atoms with Crippen LogP contribution in [0.1, 0.15) is 0 Å². The van der Waals surface area contributed by atoms with Crippen molar-refractivity contribution in [2.75, 3.05) is 0 Å². The fourth-order valence-corrected chi connectivity index (χ4v) is 12.8. The molecule has 0 amide bonds. The molecule has 0 bridgehead atoms. The molecule has 0 saturated heterocycles. The third-order valence-electron chi connectivity index (χ3n) is 18.3. The van der Waals surface area contributed by atoms with E-state index in [0.717, 1.165) is 45.7 Å². The summed E-state index contributed by atoms with van der Waals surface area (Å²) in [6.45, 7) is 0. The van der Waals surface area contributed by atoms with E-state index in [2.05, 4.69) is 91.8 Å². The molecule has 13 aromatic carbocycles. The number of phenolic OH excluding ortho intramolecular Hbond substituents is 11. The molecule has 22 rings (SSSR count). The molecular formula is C78H51N27O11. The molecule has 0 spiro atoms. The number of nitrogens with zero attached hydrogens (tertiary/aromatic N) is 27. The zero-order valence-electron chi connectivity index (χ0n) is 59.1. The fraction of sp³-hybridized carbons (Fsp3) is 0. The average molecular weight is 1540 g/mol. The number of aromatic hydroxyl groups is 11. The maximum Gasteiger partial charge on any atom is 0.179 e. The first kappa shape index (κ1) is 68.8. The van der Waals surface area contributed by atoms with Crippen molar-refractivity contribution in [3.05, 3.63) is 243 Å². The van der Waals surface area contributed by atoms with Crippen LogP contribution in [0.15, 0.2) is 243 Å². The van der Waals surface area contributed by atoms with E-state index < -0.39 is 28.7 Å². The van der Waals surface area contributed by atoms with Crippen LogP contribution in [0.3, 0.4) is 0 Å². The molecule has 38 heteroatoms. The van der Waals surface area contributed by atoms with Gasteiger partial charge in [-0.05, 0) is 121 Å². The molecule has 38 nitrogen and oxygen atoms in total. The summed E-state index contributed by atoms with van der Waals surface area (Å²) < 4.78 is 0. The van der Waals surface area contributed by atoms with Gasteiger partial charge in [-0.1, -0.05) is 109 Å². The third-order valence-corrected chi connectivity index (χ3v) is 18.3. The van der Waals surface area contributed by atoms with Gasteiger partial charge in [0.05, 0.1) is 0 Å². The van der Waals surface area contributed by atoms with Crippen molar-refractivity contribution in [1.82, 2.24) is 135 Å². The van der Waals surface area contributed by atoms with Gasteiger partial charge in [-0.3, -0.25) is 0 Å². The Labute approximate surface area is 644 Å².